The molecule has 0 saturated carbocycles. The van der Waals surface area contributed by atoms with Crippen molar-refractivity contribution in [2.45, 2.75) is 58.2 Å². The van der Waals surface area contributed by atoms with E-state index in [0.29, 0.717) is 13.2 Å². The zero-order valence-corrected chi connectivity index (χ0v) is 14.5. The lowest BCUT2D eigenvalue weighted by atomic mass is 10.0. The quantitative estimate of drug-likeness (QED) is 0.802. The predicted octanol–water partition coefficient (Wildman–Crippen LogP) is 1.95. The minimum Gasteiger partial charge on any atom is -0.343 e. The SMILES string of the molecule is CCC1(c2cc3n(c(=O)c2[Si](C)(C)C)CCC3)OCCO1. The standard InChI is InChI=1S/C16H25NO3Si/c1-5-16(19-9-10-20-16)13-11-12-7-6-8-17(12)15(18)14(13)21(2,3)4/h11H,5-10H2,1-4H3. The first-order valence-electron chi connectivity index (χ1n) is 7.94. The maximum atomic E-state index is 13.0. The number of hydrogen-bond donors (Lipinski definition) is 0. The molecule has 5 heteroatoms. The van der Waals surface area contributed by atoms with Crippen LogP contribution in [0.25, 0.3) is 0 Å². The summed E-state index contributed by atoms with van der Waals surface area (Å²) >= 11 is 0. The Bertz CT molecular complexity index is 609. The van der Waals surface area contributed by atoms with Crippen LogP contribution in [0, 0.1) is 0 Å². The normalized spacial score (nSPS) is 20.8. The topological polar surface area (TPSA) is 40.5 Å². The fraction of sp³-hybridized carbons (Fsp3) is 0.688. The second-order valence-corrected chi connectivity index (χ2v) is 12.0. The van der Waals surface area contributed by atoms with Gasteiger partial charge in [-0.25, -0.2) is 0 Å². The lowest BCUT2D eigenvalue weighted by Crippen LogP contribution is -2.55. The maximum absolute atomic E-state index is 13.0. The van der Waals surface area contributed by atoms with Crippen LogP contribution in [0.2, 0.25) is 19.6 Å². The van der Waals surface area contributed by atoms with E-state index in [1.165, 1.54) is 0 Å². The number of rotatable bonds is 3. The van der Waals surface area contributed by atoms with E-state index in [4.69, 9.17) is 9.47 Å². The van der Waals surface area contributed by atoms with Crippen LogP contribution in [-0.2, 0) is 28.2 Å². The van der Waals surface area contributed by atoms with Crippen molar-refractivity contribution in [3.8, 4) is 0 Å². The van der Waals surface area contributed by atoms with Crippen LogP contribution >= 0.6 is 0 Å². The van der Waals surface area contributed by atoms with Gasteiger partial charge in [0.15, 0.2) is 5.79 Å². The summed E-state index contributed by atoms with van der Waals surface area (Å²) in [6.07, 6.45) is 2.78. The number of aromatic nitrogens is 1. The predicted molar refractivity (Wildman–Crippen MR) is 85.9 cm³/mol. The highest BCUT2D eigenvalue weighted by molar-refractivity contribution is 6.89. The molecular formula is C16H25NO3Si. The van der Waals surface area contributed by atoms with E-state index < -0.39 is 13.9 Å². The molecule has 1 aromatic rings. The third-order valence-corrected chi connectivity index (χ3v) is 6.56. The number of pyridine rings is 1. The zero-order valence-electron chi connectivity index (χ0n) is 13.5. The smallest absolute Gasteiger partial charge is 0.250 e. The first-order valence-corrected chi connectivity index (χ1v) is 11.4. The molecule has 3 rings (SSSR count). The van der Waals surface area contributed by atoms with Crippen molar-refractivity contribution >= 4 is 13.3 Å². The molecule has 4 nitrogen and oxygen atoms in total. The average Bonchev–Trinajstić information content (AvgIpc) is 3.06. The summed E-state index contributed by atoms with van der Waals surface area (Å²) < 4.78 is 13.9. The van der Waals surface area contributed by atoms with Crippen LogP contribution in [0.1, 0.15) is 31.0 Å². The van der Waals surface area contributed by atoms with Gasteiger partial charge in [-0.15, -0.1) is 0 Å². The first-order chi connectivity index (χ1) is 9.89. The monoisotopic (exact) mass is 307 g/mol. The van der Waals surface area contributed by atoms with Crippen molar-refractivity contribution in [3.63, 3.8) is 0 Å². The summed E-state index contributed by atoms with van der Waals surface area (Å²) in [5, 5.41) is 0.983. The van der Waals surface area contributed by atoms with Gasteiger partial charge in [-0.3, -0.25) is 4.79 Å². The molecule has 0 aliphatic carbocycles. The molecule has 0 atom stereocenters. The largest absolute Gasteiger partial charge is 0.343 e. The van der Waals surface area contributed by atoms with Crippen LogP contribution in [0.15, 0.2) is 10.9 Å². The van der Waals surface area contributed by atoms with E-state index in [9.17, 15) is 4.79 Å². The molecule has 0 unspecified atom stereocenters. The summed E-state index contributed by atoms with van der Waals surface area (Å²) in [5.41, 5.74) is 2.36. The first kappa shape index (κ1) is 15.0. The molecule has 21 heavy (non-hydrogen) atoms. The van der Waals surface area contributed by atoms with Crippen molar-refractivity contribution in [2.24, 2.45) is 0 Å². The van der Waals surface area contributed by atoms with Gasteiger partial charge >= 0.3 is 0 Å². The van der Waals surface area contributed by atoms with Crippen LogP contribution in [-0.4, -0.2) is 25.9 Å². The highest BCUT2D eigenvalue weighted by Crippen LogP contribution is 2.35. The Balaban J connectivity index is 2.29. The van der Waals surface area contributed by atoms with Crippen LogP contribution in [0.4, 0.5) is 0 Å². The highest BCUT2D eigenvalue weighted by atomic mass is 28.3. The molecule has 0 spiro atoms. The Morgan fingerprint density at radius 3 is 2.52 bits per heavy atom. The molecule has 2 aliphatic heterocycles. The van der Waals surface area contributed by atoms with Gasteiger partial charge < -0.3 is 14.0 Å². The highest BCUT2D eigenvalue weighted by Gasteiger charge is 2.42. The van der Waals surface area contributed by atoms with Gasteiger partial charge in [0.25, 0.3) is 0 Å². The molecule has 0 aromatic carbocycles. The van der Waals surface area contributed by atoms with Gasteiger partial charge in [0.1, 0.15) is 0 Å². The molecular weight excluding hydrogens is 282 g/mol. The van der Waals surface area contributed by atoms with Gasteiger partial charge in [0.2, 0.25) is 5.56 Å². The zero-order chi connectivity index (χ0) is 15.3. The van der Waals surface area contributed by atoms with Gasteiger partial charge in [0, 0.05) is 29.4 Å². The molecule has 3 heterocycles. The summed E-state index contributed by atoms with van der Waals surface area (Å²) in [5.74, 6) is -0.701. The molecule has 0 amide bonds. The van der Waals surface area contributed by atoms with E-state index >= 15 is 0 Å². The van der Waals surface area contributed by atoms with Gasteiger partial charge in [-0.2, -0.15) is 0 Å². The number of hydrogen-bond acceptors (Lipinski definition) is 3. The minimum absolute atomic E-state index is 0.200. The Morgan fingerprint density at radius 1 is 1.29 bits per heavy atom. The van der Waals surface area contributed by atoms with Crippen LogP contribution in [0.5, 0.6) is 0 Å². The Kier molecular flexibility index (Phi) is 3.62. The molecule has 0 bridgehead atoms. The fourth-order valence-electron chi connectivity index (χ4n) is 3.60. The van der Waals surface area contributed by atoms with Crippen molar-refractivity contribution in [2.75, 3.05) is 13.2 Å². The van der Waals surface area contributed by atoms with Crippen molar-refractivity contribution in [3.05, 3.63) is 27.7 Å². The minimum atomic E-state index is -1.79. The second kappa shape index (κ2) is 5.07. The summed E-state index contributed by atoms with van der Waals surface area (Å²) in [7, 11) is -1.79. The third kappa shape index (κ3) is 2.31. The Labute approximate surface area is 127 Å². The molecule has 0 N–H and O–H groups in total. The van der Waals surface area contributed by atoms with Gasteiger partial charge in [-0.1, -0.05) is 26.6 Å². The number of aryl methyl sites for hydroxylation is 1. The van der Waals surface area contributed by atoms with E-state index in [1.807, 2.05) is 4.57 Å². The van der Waals surface area contributed by atoms with Gasteiger partial charge in [0.05, 0.1) is 21.3 Å². The van der Waals surface area contributed by atoms with E-state index in [0.717, 1.165) is 42.3 Å². The lowest BCUT2D eigenvalue weighted by Gasteiger charge is -2.32. The molecule has 1 aromatic heterocycles. The molecule has 1 fully saturated rings. The molecule has 2 aliphatic rings. The maximum Gasteiger partial charge on any atom is 0.250 e. The van der Waals surface area contributed by atoms with Crippen molar-refractivity contribution < 1.29 is 9.47 Å². The van der Waals surface area contributed by atoms with E-state index in [-0.39, 0.29) is 5.56 Å². The molecule has 1 saturated heterocycles. The lowest BCUT2D eigenvalue weighted by molar-refractivity contribution is -0.167. The Morgan fingerprint density at radius 2 is 1.95 bits per heavy atom. The van der Waals surface area contributed by atoms with E-state index in [2.05, 4.69) is 32.6 Å². The Hall–Kier alpha value is -0.913. The third-order valence-electron chi connectivity index (χ3n) is 4.58. The van der Waals surface area contributed by atoms with Crippen molar-refractivity contribution in [1.29, 1.82) is 0 Å². The second-order valence-electron chi connectivity index (χ2n) is 7.04. The summed E-state index contributed by atoms with van der Waals surface area (Å²) in [4.78, 5) is 13.0. The molecule has 116 valence electrons. The van der Waals surface area contributed by atoms with Crippen LogP contribution < -0.4 is 10.7 Å². The summed E-state index contributed by atoms with van der Waals surface area (Å²) in [6.45, 7) is 10.8. The van der Waals surface area contributed by atoms with Crippen LogP contribution in [0.3, 0.4) is 0 Å². The molecule has 0 radical (unpaired) electrons. The summed E-state index contributed by atoms with van der Waals surface area (Å²) in [6, 6.07) is 2.19. The number of nitrogens with zero attached hydrogens (tertiary/aromatic N) is 1. The van der Waals surface area contributed by atoms with E-state index in [1.54, 1.807) is 0 Å². The van der Waals surface area contributed by atoms with Crippen molar-refractivity contribution in [1.82, 2.24) is 4.57 Å². The average molecular weight is 307 g/mol. The fourth-order valence-corrected chi connectivity index (χ4v) is 5.45. The van der Waals surface area contributed by atoms with Gasteiger partial charge in [-0.05, 0) is 18.9 Å². The number of ether oxygens (including phenoxy) is 2. The number of fused-ring (bicyclic) bond motifs is 1.